The van der Waals surface area contributed by atoms with Crippen molar-refractivity contribution in [3.63, 3.8) is 0 Å². The summed E-state index contributed by atoms with van der Waals surface area (Å²) in [6, 6.07) is 8.13. The molecule has 0 saturated carbocycles. The summed E-state index contributed by atoms with van der Waals surface area (Å²) in [5, 5.41) is 0. The summed E-state index contributed by atoms with van der Waals surface area (Å²) in [5.41, 5.74) is 2.22. The molecule has 0 fully saturated rings. The van der Waals surface area contributed by atoms with Crippen LogP contribution in [0.25, 0.3) is 11.0 Å². The van der Waals surface area contributed by atoms with Crippen molar-refractivity contribution in [2.45, 2.75) is 26.5 Å². The number of aromatic amines is 1. The molecule has 0 bridgehead atoms. The maximum Gasteiger partial charge on any atom is 0.178 e. The van der Waals surface area contributed by atoms with Crippen molar-refractivity contribution in [2.75, 3.05) is 6.61 Å². The number of H-pyrrole nitrogens is 1. The zero-order chi connectivity index (χ0) is 11.5. The van der Waals surface area contributed by atoms with Crippen LogP contribution in [0.1, 0.15) is 13.8 Å². The van der Waals surface area contributed by atoms with Crippen LogP contribution in [0.15, 0.2) is 24.3 Å². The summed E-state index contributed by atoms with van der Waals surface area (Å²) in [4.78, 5) is 3.20. The number of nitrogens with zero attached hydrogens (tertiary/aromatic N) is 1. The molecular weight excluding hydrogens is 220 g/mol. The molecule has 3 nitrogen and oxygen atoms in total. The second-order valence-electron chi connectivity index (χ2n) is 3.82. The SMILES string of the molecule is CCOC(C)Cn1c(=S)[nH]c2ccccc21. The van der Waals surface area contributed by atoms with Crippen LogP contribution in [-0.2, 0) is 11.3 Å². The lowest BCUT2D eigenvalue weighted by Crippen LogP contribution is -2.16. The minimum absolute atomic E-state index is 0.177. The van der Waals surface area contributed by atoms with E-state index in [1.54, 1.807) is 0 Å². The van der Waals surface area contributed by atoms with E-state index in [1.165, 1.54) is 0 Å². The van der Waals surface area contributed by atoms with Gasteiger partial charge in [-0.1, -0.05) is 12.1 Å². The van der Waals surface area contributed by atoms with Crippen LogP contribution in [0.2, 0.25) is 0 Å². The number of hydrogen-bond donors (Lipinski definition) is 1. The van der Waals surface area contributed by atoms with Gasteiger partial charge in [0.15, 0.2) is 4.77 Å². The minimum atomic E-state index is 0.177. The number of imidazole rings is 1. The molecule has 2 rings (SSSR count). The molecule has 0 amide bonds. The lowest BCUT2D eigenvalue weighted by atomic mass is 10.3. The molecule has 1 atom stereocenters. The normalized spacial score (nSPS) is 13.1. The molecule has 1 aromatic carbocycles. The second kappa shape index (κ2) is 4.80. The predicted octanol–water partition coefficient (Wildman–Crippen LogP) is 3.12. The van der Waals surface area contributed by atoms with Gasteiger partial charge in [-0.2, -0.15) is 0 Å². The average Bonchev–Trinajstić information content (AvgIpc) is 2.56. The predicted molar refractivity (Wildman–Crippen MR) is 68.2 cm³/mol. The Morgan fingerprint density at radius 3 is 2.94 bits per heavy atom. The van der Waals surface area contributed by atoms with Crippen LogP contribution in [0.3, 0.4) is 0 Å². The zero-order valence-corrected chi connectivity index (χ0v) is 10.4. The van der Waals surface area contributed by atoms with Gasteiger partial charge in [0.1, 0.15) is 0 Å². The van der Waals surface area contributed by atoms with Gasteiger partial charge < -0.3 is 14.3 Å². The van der Waals surface area contributed by atoms with Crippen LogP contribution in [0.5, 0.6) is 0 Å². The van der Waals surface area contributed by atoms with Crippen molar-refractivity contribution >= 4 is 23.3 Å². The van der Waals surface area contributed by atoms with E-state index in [4.69, 9.17) is 17.0 Å². The third kappa shape index (κ3) is 2.18. The van der Waals surface area contributed by atoms with Gasteiger partial charge in [-0.3, -0.25) is 0 Å². The van der Waals surface area contributed by atoms with Crippen LogP contribution < -0.4 is 0 Å². The number of fused-ring (bicyclic) bond motifs is 1. The van der Waals surface area contributed by atoms with E-state index in [2.05, 4.69) is 22.5 Å². The van der Waals surface area contributed by atoms with Gasteiger partial charge in [-0.15, -0.1) is 0 Å². The molecule has 0 aliphatic rings. The standard InChI is InChI=1S/C12H16N2OS/c1-3-15-9(2)8-14-11-7-5-4-6-10(11)13-12(14)16/h4-7,9H,3,8H2,1-2H3,(H,13,16). The molecular formula is C12H16N2OS. The van der Waals surface area contributed by atoms with Gasteiger partial charge in [0.2, 0.25) is 0 Å². The van der Waals surface area contributed by atoms with E-state index in [0.717, 1.165) is 29.0 Å². The maximum atomic E-state index is 5.54. The van der Waals surface area contributed by atoms with Gasteiger partial charge in [0.25, 0.3) is 0 Å². The third-order valence-electron chi connectivity index (χ3n) is 2.57. The average molecular weight is 236 g/mol. The van der Waals surface area contributed by atoms with E-state index < -0.39 is 0 Å². The van der Waals surface area contributed by atoms with Gasteiger partial charge in [-0.05, 0) is 38.2 Å². The van der Waals surface area contributed by atoms with Crippen LogP contribution in [0.4, 0.5) is 0 Å². The highest BCUT2D eigenvalue weighted by atomic mass is 32.1. The number of benzene rings is 1. The van der Waals surface area contributed by atoms with Crippen molar-refractivity contribution in [1.29, 1.82) is 0 Å². The maximum absolute atomic E-state index is 5.54. The van der Waals surface area contributed by atoms with E-state index in [-0.39, 0.29) is 6.10 Å². The quantitative estimate of drug-likeness (QED) is 0.827. The Labute approximate surface area is 100 Å². The fourth-order valence-corrected chi connectivity index (χ4v) is 2.17. The van der Waals surface area contributed by atoms with Gasteiger partial charge in [0.05, 0.1) is 23.7 Å². The second-order valence-corrected chi connectivity index (χ2v) is 4.21. The van der Waals surface area contributed by atoms with Crippen LogP contribution in [0, 0.1) is 4.77 Å². The van der Waals surface area contributed by atoms with Crippen molar-refractivity contribution in [3.8, 4) is 0 Å². The zero-order valence-electron chi connectivity index (χ0n) is 9.56. The molecule has 1 unspecified atom stereocenters. The number of rotatable bonds is 4. The first-order valence-corrected chi connectivity index (χ1v) is 5.92. The Kier molecular flexibility index (Phi) is 3.41. The Hall–Kier alpha value is -1.13. The lowest BCUT2D eigenvalue weighted by molar-refractivity contribution is 0.0645. The van der Waals surface area contributed by atoms with Gasteiger partial charge >= 0.3 is 0 Å². The molecule has 16 heavy (non-hydrogen) atoms. The van der Waals surface area contributed by atoms with E-state index in [9.17, 15) is 0 Å². The number of hydrogen-bond acceptors (Lipinski definition) is 2. The van der Waals surface area contributed by atoms with E-state index >= 15 is 0 Å². The first-order valence-electron chi connectivity index (χ1n) is 5.51. The summed E-state index contributed by atoms with van der Waals surface area (Å²) in [6.45, 7) is 5.59. The van der Waals surface area contributed by atoms with Crippen molar-refractivity contribution < 1.29 is 4.74 Å². The molecule has 4 heteroatoms. The Balaban J connectivity index is 2.36. The number of para-hydroxylation sites is 2. The topological polar surface area (TPSA) is 29.9 Å². The Morgan fingerprint density at radius 1 is 1.44 bits per heavy atom. The van der Waals surface area contributed by atoms with E-state index in [0.29, 0.717) is 0 Å². The summed E-state index contributed by atoms with van der Waals surface area (Å²) < 4.78 is 8.38. The molecule has 2 aromatic rings. The smallest absolute Gasteiger partial charge is 0.178 e. The number of ether oxygens (including phenoxy) is 1. The molecule has 1 N–H and O–H groups in total. The first kappa shape index (κ1) is 11.4. The number of nitrogens with one attached hydrogen (secondary N) is 1. The Morgan fingerprint density at radius 2 is 2.19 bits per heavy atom. The highest BCUT2D eigenvalue weighted by Crippen LogP contribution is 2.14. The van der Waals surface area contributed by atoms with Crippen LogP contribution in [-0.4, -0.2) is 22.3 Å². The summed E-state index contributed by atoms with van der Waals surface area (Å²) in [6.07, 6.45) is 0.177. The lowest BCUT2D eigenvalue weighted by Gasteiger charge is -2.12. The highest BCUT2D eigenvalue weighted by Gasteiger charge is 2.07. The first-order chi connectivity index (χ1) is 7.72. The minimum Gasteiger partial charge on any atom is -0.377 e. The molecule has 86 valence electrons. The molecule has 0 aliphatic heterocycles. The third-order valence-corrected chi connectivity index (χ3v) is 2.89. The fourth-order valence-electron chi connectivity index (χ4n) is 1.88. The fraction of sp³-hybridized carbons (Fsp3) is 0.417. The van der Waals surface area contributed by atoms with Crippen molar-refractivity contribution in [1.82, 2.24) is 9.55 Å². The number of aromatic nitrogens is 2. The summed E-state index contributed by atoms with van der Waals surface area (Å²) in [5.74, 6) is 0. The van der Waals surface area contributed by atoms with Gasteiger partial charge in [0, 0.05) is 6.61 Å². The molecule has 1 aromatic heterocycles. The molecule has 0 spiro atoms. The molecule has 0 radical (unpaired) electrons. The van der Waals surface area contributed by atoms with Crippen LogP contribution >= 0.6 is 12.2 Å². The summed E-state index contributed by atoms with van der Waals surface area (Å²) >= 11 is 5.31. The largest absolute Gasteiger partial charge is 0.377 e. The molecule has 1 heterocycles. The van der Waals surface area contributed by atoms with E-state index in [1.807, 2.05) is 25.1 Å². The highest BCUT2D eigenvalue weighted by molar-refractivity contribution is 7.71. The summed E-state index contributed by atoms with van der Waals surface area (Å²) in [7, 11) is 0. The Bertz CT molecular complexity index is 529. The monoisotopic (exact) mass is 236 g/mol. The van der Waals surface area contributed by atoms with Crippen molar-refractivity contribution in [3.05, 3.63) is 29.0 Å². The van der Waals surface area contributed by atoms with Crippen molar-refractivity contribution in [2.24, 2.45) is 0 Å². The molecule has 0 aliphatic carbocycles. The molecule has 0 saturated heterocycles. The van der Waals surface area contributed by atoms with Gasteiger partial charge in [-0.25, -0.2) is 0 Å².